The fraction of sp³-hybridized carbons (Fsp3) is 0.900. The fourth-order valence-electron chi connectivity index (χ4n) is 1.99. The third-order valence-corrected chi connectivity index (χ3v) is 4.28. The molecule has 1 rings (SSSR count). The van der Waals surface area contributed by atoms with Gasteiger partial charge in [0.2, 0.25) is 0 Å². The van der Waals surface area contributed by atoms with Gasteiger partial charge in [-0.15, -0.1) is 0 Å². The number of nitrogens with one attached hydrogen (secondary N) is 2. The van der Waals surface area contributed by atoms with Crippen LogP contribution in [0.4, 0.5) is 4.79 Å². The number of carbonyl (C=O) groups is 1. The smallest absolute Gasteiger partial charge is 0.422 e. The summed E-state index contributed by atoms with van der Waals surface area (Å²) in [6.07, 6.45) is -1.30. The van der Waals surface area contributed by atoms with Crippen LogP contribution in [0.2, 0.25) is 0 Å². The van der Waals surface area contributed by atoms with Crippen molar-refractivity contribution in [3.05, 3.63) is 0 Å². The molecule has 7 nitrogen and oxygen atoms in total. The summed E-state index contributed by atoms with van der Waals surface area (Å²) in [6, 6.07) is -0.420. The average Bonchev–Trinajstić information content (AvgIpc) is 2.13. The van der Waals surface area contributed by atoms with Crippen molar-refractivity contribution in [3.8, 4) is 0 Å². The molecule has 2 unspecified atom stereocenters. The maximum atomic E-state index is 12.1. The summed E-state index contributed by atoms with van der Waals surface area (Å²) >= 11 is 0. The van der Waals surface area contributed by atoms with Gasteiger partial charge in [-0.2, -0.15) is 12.7 Å². The molecule has 1 fully saturated rings. The Bertz CT molecular complexity index is 386. The van der Waals surface area contributed by atoms with Gasteiger partial charge in [-0.25, -0.2) is 9.52 Å². The molecule has 8 heteroatoms. The summed E-state index contributed by atoms with van der Waals surface area (Å²) in [7, 11) is -3.86. The van der Waals surface area contributed by atoms with Crippen LogP contribution in [0.1, 0.15) is 27.7 Å². The molecule has 1 heterocycles. The number of ether oxygens (including phenoxy) is 1. The molecular weight excluding hydrogens is 258 g/mol. The molecule has 18 heavy (non-hydrogen) atoms. The van der Waals surface area contributed by atoms with Crippen LogP contribution in [-0.2, 0) is 14.9 Å². The Balaban J connectivity index is 2.75. The molecule has 1 saturated heterocycles. The van der Waals surface area contributed by atoms with Crippen molar-refractivity contribution in [2.75, 3.05) is 13.1 Å². The van der Waals surface area contributed by atoms with E-state index in [0.717, 1.165) is 0 Å². The molecule has 0 aliphatic carbocycles. The van der Waals surface area contributed by atoms with E-state index in [0.29, 0.717) is 13.1 Å². The first kappa shape index (κ1) is 15.2. The minimum Gasteiger partial charge on any atom is -0.446 e. The zero-order chi connectivity index (χ0) is 13.9. The van der Waals surface area contributed by atoms with Crippen molar-refractivity contribution in [2.45, 2.75) is 45.9 Å². The number of amides is 1. The van der Waals surface area contributed by atoms with E-state index in [1.165, 1.54) is 4.31 Å². The van der Waals surface area contributed by atoms with Gasteiger partial charge in [0, 0.05) is 25.2 Å². The molecule has 1 aliphatic rings. The standard InChI is InChI=1S/C10H21N3O4S/c1-7(2)17-10(14)12-18(15,16)13-8(3)5-11-6-9(13)4/h7-9,11H,5-6H2,1-4H3,(H,12,14). The SMILES string of the molecule is CC(C)OC(=O)NS(=O)(=O)N1C(C)CNCC1C. The van der Waals surface area contributed by atoms with E-state index in [1.54, 1.807) is 27.7 Å². The minimum atomic E-state index is -3.86. The van der Waals surface area contributed by atoms with E-state index in [1.807, 2.05) is 4.72 Å². The van der Waals surface area contributed by atoms with Crippen LogP contribution in [0.25, 0.3) is 0 Å². The average molecular weight is 279 g/mol. The molecule has 0 aromatic carbocycles. The predicted molar refractivity (Wildman–Crippen MR) is 67.3 cm³/mol. The Morgan fingerprint density at radius 1 is 1.33 bits per heavy atom. The lowest BCUT2D eigenvalue weighted by Crippen LogP contribution is -2.60. The molecule has 1 amide bonds. The Morgan fingerprint density at radius 3 is 2.28 bits per heavy atom. The highest BCUT2D eigenvalue weighted by atomic mass is 32.2. The van der Waals surface area contributed by atoms with Gasteiger partial charge in [0.1, 0.15) is 0 Å². The summed E-state index contributed by atoms with van der Waals surface area (Å²) in [5, 5.41) is 3.12. The van der Waals surface area contributed by atoms with E-state index in [4.69, 9.17) is 4.74 Å². The third kappa shape index (κ3) is 3.82. The first-order valence-electron chi connectivity index (χ1n) is 5.96. The molecule has 2 N–H and O–H groups in total. The van der Waals surface area contributed by atoms with Crippen molar-refractivity contribution < 1.29 is 17.9 Å². The molecule has 106 valence electrons. The van der Waals surface area contributed by atoms with Gasteiger partial charge >= 0.3 is 16.3 Å². The second-order valence-corrected chi connectivity index (χ2v) is 6.32. The van der Waals surface area contributed by atoms with Crippen LogP contribution in [0, 0.1) is 0 Å². The number of hydrogen-bond acceptors (Lipinski definition) is 5. The lowest BCUT2D eigenvalue weighted by Gasteiger charge is -2.37. The summed E-state index contributed by atoms with van der Waals surface area (Å²) in [4.78, 5) is 11.4. The van der Waals surface area contributed by atoms with Crippen molar-refractivity contribution in [3.63, 3.8) is 0 Å². The Hall–Kier alpha value is -0.860. The molecular formula is C10H21N3O4S. The predicted octanol–water partition coefficient (Wildman–Crippen LogP) is 0.0480. The summed E-state index contributed by atoms with van der Waals surface area (Å²) in [5.41, 5.74) is 0. The lowest BCUT2D eigenvalue weighted by atomic mass is 10.2. The van der Waals surface area contributed by atoms with Gasteiger partial charge in [-0.3, -0.25) is 0 Å². The maximum absolute atomic E-state index is 12.1. The molecule has 0 saturated carbocycles. The van der Waals surface area contributed by atoms with E-state index < -0.39 is 16.3 Å². The van der Waals surface area contributed by atoms with E-state index >= 15 is 0 Å². The first-order valence-corrected chi connectivity index (χ1v) is 7.40. The quantitative estimate of drug-likeness (QED) is 0.762. The van der Waals surface area contributed by atoms with Crippen molar-refractivity contribution in [2.24, 2.45) is 0 Å². The van der Waals surface area contributed by atoms with Gasteiger partial charge in [0.05, 0.1) is 6.10 Å². The Morgan fingerprint density at radius 2 is 1.83 bits per heavy atom. The van der Waals surface area contributed by atoms with Crippen LogP contribution < -0.4 is 10.0 Å². The topological polar surface area (TPSA) is 87.7 Å². The first-order chi connectivity index (χ1) is 8.24. The Kier molecular flexibility index (Phi) is 4.94. The van der Waals surface area contributed by atoms with Gasteiger partial charge < -0.3 is 10.1 Å². The monoisotopic (exact) mass is 279 g/mol. The van der Waals surface area contributed by atoms with E-state index in [9.17, 15) is 13.2 Å². The lowest BCUT2D eigenvalue weighted by molar-refractivity contribution is 0.120. The molecule has 0 aromatic heterocycles. The van der Waals surface area contributed by atoms with Crippen molar-refractivity contribution in [1.82, 2.24) is 14.3 Å². The normalized spacial score (nSPS) is 26.1. The number of piperazine rings is 1. The van der Waals surface area contributed by atoms with Gasteiger partial charge in [0.25, 0.3) is 0 Å². The van der Waals surface area contributed by atoms with Crippen molar-refractivity contribution in [1.29, 1.82) is 0 Å². The zero-order valence-corrected chi connectivity index (χ0v) is 12.0. The molecule has 1 aliphatic heterocycles. The van der Waals surface area contributed by atoms with Gasteiger partial charge in [0.15, 0.2) is 0 Å². The highest BCUT2D eigenvalue weighted by molar-refractivity contribution is 7.87. The zero-order valence-electron chi connectivity index (χ0n) is 11.1. The number of carbonyl (C=O) groups excluding carboxylic acids is 1. The molecule has 2 atom stereocenters. The van der Waals surface area contributed by atoms with Crippen LogP contribution in [0.5, 0.6) is 0 Å². The van der Waals surface area contributed by atoms with Crippen LogP contribution in [-0.4, -0.2) is 50.1 Å². The number of rotatable bonds is 3. The van der Waals surface area contributed by atoms with E-state index in [-0.39, 0.29) is 18.2 Å². The van der Waals surface area contributed by atoms with Crippen LogP contribution >= 0.6 is 0 Å². The Labute approximate surface area is 108 Å². The minimum absolute atomic E-state index is 0.210. The number of nitrogens with zero attached hydrogens (tertiary/aromatic N) is 1. The van der Waals surface area contributed by atoms with Gasteiger partial charge in [-0.05, 0) is 27.7 Å². The molecule has 0 bridgehead atoms. The summed E-state index contributed by atoms with van der Waals surface area (Å²) in [5.74, 6) is 0. The summed E-state index contributed by atoms with van der Waals surface area (Å²) < 4.78 is 32.2. The second kappa shape index (κ2) is 5.85. The maximum Gasteiger partial charge on any atom is 0.422 e. The van der Waals surface area contributed by atoms with Crippen molar-refractivity contribution >= 4 is 16.3 Å². The molecule has 0 aromatic rings. The van der Waals surface area contributed by atoms with E-state index in [2.05, 4.69) is 5.32 Å². The highest BCUT2D eigenvalue weighted by Gasteiger charge is 2.35. The van der Waals surface area contributed by atoms with Crippen LogP contribution in [0.15, 0.2) is 0 Å². The molecule has 0 spiro atoms. The molecule has 0 radical (unpaired) electrons. The van der Waals surface area contributed by atoms with Gasteiger partial charge in [-0.1, -0.05) is 0 Å². The van der Waals surface area contributed by atoms with Crippen LogP contribution in [0.3, 0.4) is 0 Å². The fourth-order valence-corrected chi connectivity index (χ4v) is 3.45. The second-order valence-electron chi connectivity index (χ2n) is 4.75. The third-order valence-electron chi connectivity index (χ3n) is 2.58. The summed E-state index contributed by atoms with van der Waals surface area (Å²) in [6.45, 7) is 8.00. The highest BCUT2D eigenvalue weighted by Crippen LogP contribution is 2.14. The number of hydrogen-bond donors (Lipinski definition) is 2. The largest absolute Gasteiger partial charge is 0.446 e.